The maximum atomic E-state index is 2.33. The van der Waals surface area contributed by atoms with Gasteiger partial charge in [0.1, 0.15) is 0 Å². The molecule has 4 aromatic rings. The van der Waals surface area contributed by atoms with Crippen LogP contribution < -0.4 is 18.7 Å². The first-order valence-electron chi connectivity index (χ1n) is 9.29. The maximum absolute atomic E-state index is 2.33. The van der Waals surface area contributed by atoms with E-state index in [1.165, 1.54) is 41.8 Å². The number of hydrogen-bond acceptors (Lipinski definition) is 2. The average Bonchev–Trinajstić information content (AvgIpc) is 2.71. The minimum absolute atomic E-state index is 0.423. The average molecular weight is 498 g/mol. The van der Waals surface area contributed by atoms with Crippen LogP contribution in [0.25, 0.3) is 21.5 Å². The van der Waals surface area contributed by atoms with Crippen LogP contribution in [0.4, 0.5) is 11.4 Å². The van der Waals surface area contributed by atoms with E-state index in [1.807, 2.05) is 0 Å². The number of hydrogen-bond donors (Lipinski definition) is 0. The van der Waals surface area contributed by atoms with Crippen molar-refractivity contribution in [1.82, 2.24) is 0 Å². The third-order valence-electron chi connectivity index (χ3n) is 4.87. The van der Waals surface area contributed by atoms with Crippen LogP contribution >= 0.6 is 0 Å². The molecule has 0 spiro atoms. The number of anilines is 2. The topological polar surface area (TPSA) is 6.48 Å². The van der Waals surface area contributed by atoms with E-state index in [4.69, 9.17) is 0 Å². The summed E-state index contributed by atoms with van der Waals surface area (Å²) in [7, 11) is 8.55. The quantitative estimate of drug-likeness (QED) is 0.390. The molecule has 0 amide bonds. The fraction of sp³-hybridized carbons (Fsp3) is 0.167. The molecule has 4 aromatic carbocycles. The van der Waals surface area contributed by atoms with Gasteiger partial charge >= 0.3 is 179 Å². The third kappa shape index (κ3) is 3.66. The van der Waals surface area contributed by atoms with E-state index in [0.717, 1.165) is 0 Å². The zero-order valence-corrected chi connectivity index (χ0v) is 20.1. The summed E-state index contributed by atoms with van der Waals surface area (Å²) in [5.41, 5.74) is 2.63. The number of nitrogens with zero attached hydrogens (tertiary/aromatic N) is 2. The van der Waals surface area contributed by atoms with Gasteiger partial charge in [-0.05, 0) is 0 Å². The molecule has 0 radical (unpaired) electrons. The molecule has 0 aliphatic carbocycles. The van der Waals surface area contributed by atoms with Crippen molar-refractivity contribution in [2.24, 2.45) is 0 Å². The van der Waals surface area contributed by atoms with Gasteiger partial charge in [0.25, 0.3) is 0 Å². The van der Waals surface area contributed by atoms with E-state index in [2.05, 4.69) is 111 Å². The van der Waals surface area contributed by atoms with E-state index < -0.39 is 0 Å². The van der Waals surface area contributed by atoms with Gasteiger partial charge in [0.05, 0.1) is 0 Å². The van der Waals surface area contributed by atoms with Crippen molar-refractivity contribution in [1.29, 1.82) is 0 Å². The zero-order chi connectivity index (χ0) is 19.7. The molecule has 0 bridgehead atoms. The number of benzene rings is 4. The zero-order valence-electron chi connectivity index (χ0n) is 16.6. The van der Waals surface area contributed by atoms with Crippen LogP contribution in [0.2, 0.25) is 0 Å². The monoisotopic (exact) mass is 500 g/mol. The summed E-state index contributed by atoms with van der Waals surface area (Å²) in [6, 6.07) is 26.8. The van der Waals surface area contributed by atoms with Gasteiger partial charge in [0.15, 0.2) is 0 Å². The summed E-state index contributed by atoms with van der Waals surface area (Å²) in [5, 5.41) is 5.52. The summed E-state index contributed by atoms with van der Waals surface area (Å²) in [6.07, 6.45) is 0. The van der Waals surface area contributed by atoms with Gasteiger partial charge in [-0.1, -0.05) is 0 Å². The van der Waals surface area contributed by atoms with Crippen molar-refractivity contribution >= 4 is 68.1 Å². The Hall–Kier alpha value is -1.96. The molecule has 0 aliphatic heterocycles. The second-order valence-electron chi connectivity index (χ2n) is 7.22. The Morgan fingerprint density at radius 2 is 0.857 bits per heavy atom. The van der Waals surface area contributed by atoms with Gasteiger partial charge in [0.2, 0.25) is 0 Å². The molecule has 142 valence electrons. The Labute approximate surface area is 178 Å². The third-order valence-corrected chi connectivity index (χ3v) is 12.1. The molecule has 0 N–H and O–H groups in total. The second-order valence-corrected chi connectivity index (χ2v) is 13.4. The van der Waals surface area contributed by atoms with Crippen molar-refractivity contribution in [3.8, 4) is 0 Å². The molecular weight excluding hydrogens is 474 g/mol. The van der Waals surface area contributed by atoms with Crippen LogP contribution in [0.1, 0.15) is 0 Å². The molecule has 2 nitrogen and oxygen atoms in total. The van der Waals surface area contributed by atoms with Crippen LogP contribution in [-0.2, 0) is 0 Å². The molecule has 0 aliphatic rings. The first-order chi connectivity index (χ1) is 13.6. The molecule has 0 aromatic heterocycles. The van der Waals surface area contributed by atoms with Gasteiger partial charge < -0.3 is 0 Å². The Kier molecular flexibility index (Phi) is 5.66. The van der Waals surface area contributed by atoms with E-state index >= 15 is 0 Å². The Morgan fingerprint density at radius 3 is 1.21 bits per heavy atom. The van der Waals surface area contributed by atoms with Gasteiger partial charge in [0, 0.05) is 0 Å². The summed E-state index contributed by atoms with van der Waals surface area (Å²) in [6.45, 7) is 0. The molecule has 4 rings (SSSR count). The van der Waals surface area contributed by atoms with Gasteiger partial charge in [-0.25, -0.2) is 0 Å². The first kappa shape index (κ1) is 19.4. The fourth-order valence-electron chi connectivity index (χ4n) is 3.55. The molecule has 0 unspecified atom stereocenters. The predicted octanol–water partition coefficient (Wildman–Crippen LogP) is 3.40. The number of fused-ring (bicyclic) bond motifs is 2. The summed E-state index contributed by atoms with van der Waals surface area (Å²) in [4.78, 5) is 4.47. The fourth-order valence-corrected chi connectivity index (χ4v) is 10.8. The molecule has 0 fully saturated rings. The minimum atomic E-state index is 0.423. The van der Waals surface area contributed by atoms with Crippen LogP contribution in [0.3, 0.4) is 0 Å². The van der Waals surface area contributed by atoms with Gasteiger partial charge in [-0.15, -0.1) is 0 Å². The SMILES string of the molecule is CN(C)c1cccc2cccc([Se][Se]c3cccc4cccc(N(C)C)c34)c12. The van der Waals surface area contributed by atoms with E-state index in [-0.39, 0.29) is 0 Å². The first-order valence-corrected chi connectivity index (χ1v) is 15.3. The standard InChI is InChI=1S/C24H24N2Se2/c1-25(2)19-13-5-9-17-11-7-15-21(23(17)19)27-28-22-16-8-12-18-10-6-14-20(24(18)22)26(3)4/h5-16H,1-4H3. The molecule has 0 atom stereocenters. The summed E-state index contributed by atoms with van der Waals surface area (Å²) < 4.78 is 3.02. The van der Waals surface area contributed by atoms with Crippen LogP contribution in [0.15, 0.2) is 72.8 Å². The van der Waals surface area contributed by atoms with Crippen molar-refractivity contribution < 1.29 is 0 Å². The number of rotatable bonds is 5. The van der Waals surface area contributed by atoms with Crippen molar-refractivity contribution in [3.05, 3.63) is 72.8 Å². The van der Waals surface area contributed by atoms with Crippen molar-refractivity contribution in [3.63, 3.8) is 0 Å². The Bertz CT molecular complexity index is 1030. The molecule has 0 heterocycles. The Morgan fingerprint density at radius 1 is 0.500 bits per heavy atom. The molecule has 0 saturated heterocycles. The van der Waals surface area contributed by atoms with Crippen LogP contribution in [-0.4, -0.2) is 54.5 Å². The van der Waals surface area contributed by atoms with Gasteiger partial charge in [-0.2, -0.15) is 0 Å². The summed E-state index contributed by atoms with van der Waals surface area (Å²) >= 11 is 0.846. The Balaban J connectivity index is 1.77. The van der Waals surface area contributed by atoms with Crippen molar-refractivity contribution in [2.45, 2.75) is 0 Å². The molecule has 28 heavy (non-hydrogen) atoms. The molecule has 0 saturated carbocycles. The van der Waals surface area contributed by atoms with E-state index in [1.54, 1.807) is 0 Å². The van der Waals surface area contributed by atoms with Crippen molar-refractivity contribution in [2.75, 3.05) is 38.0 Å². The summed E-state index contributed by atoms with van der Waals surface area (Å²) in [5.74, 6) is 0. The molecular formula is C24H24N2Se2. The predicted molar refractivity (Wildman–Crippen MR) is 127 cm³/mol. The van der Waals surface area contributed by atoms with E-state index in [0.29, 0.717) is 26.3 Å². The van der Waals surface area contributed by atoms with Crippen LogP contribution in [0, 0.1) is 0 Å². The van der Waals surface area contributed by atoms with Gasteiger partial charge in [-0.3, -0.25) is 0 Å². The van der Waals surface area contributed by atoms with E-state index in [9.17, 15) is 0 Å². The normalized spacial score (nSPS) is 11.1. The second kappa shape index (κ2) is 8.19. The van der Waals surface area contributed by atoms with Crippen LogP contribution in [0.5, 0.6) is 0 Å². The molecule has 4 heteroatoms.